The lowest BCUT2D eigenvalue weighted by molar-refractivity contribution is -0.121. The van der Waals surface area contributed by atoms with Gasteiger partial charge in [0.05, 0.1) is 0 Å². The van der Waals surface area contributed by atoms with Crippen molar-refractivity contribution in [1.29, 1.82) is 0 Å². The zero-order chi connectivity index (χ0) is 12.8. The second-order valence-electron chi connectivity index (χ2n) is 3.91. The molecule has 0 aliphatic carbocycles. The number of carbonyl (C=O) groups excluding carboxylic acids is 1. The van der Waals surface area contributed by atoms with Crippen LogP contribution in [0.15, 0.2) is 41.1 Å². The Kier molecular flexibility index (Phi) is 4.79. The third kappa shape index (κ3) is 4.17. The van der Waals surface area contributed by atoms with Crippen molar-refractivity contribution in [3.8, 4) is 5.75 Å². The number of hydrogen-bond donors (Lipinski definition) is 0. The number of carbonyl (C=O) groups is 1. The Morgan fingerprint density at radius 3 is 2.67 bits per heavy atom. The maximum absolute atomic E-state index is 11.6. The molecule has 0 saturated heterocycles. The average Bonchev–Trinajstić information content (AvgIpc) is 2.89. The molecule has 0 atom stereocenters. The van der Waals surface area contributed by atoms with Crippen LogP contribution in [0, 0.1) is 0 Å². The van der Waals surface area contributed by atoms with Crippen LogP contribution in [0.2, 0.25) is 5.02 Å². The van der Waals surface area contributed by atoms with Crippen LogP contribution in [-0.4, -0.2) is 12.4 Å². The van der Waals surface area contributed by atoms with Crippen molar-refractivity contribution in [2.45, 2.75) is 12.8 Å². The van der Waals surface area contributed by atoms with E-state index in [9.17, 15) is 4.79 Å². The number of aryl methyl sites for hydroxylation is 1. The van der Waals surface area contributed by atoms with Crippen LogP contribution in [0.5, 0.6) is 5.75 Å². The quantitative estimate of drug-likeness (QED) is 0.800. The fourth-order valence-electron chi connectivity index (χ4n) is 1.49. The predicted octanol–water partition coefficient (Wildman–Crippen LogP) is 3.98. The highest BCUT2D eigenvalue weighted by atomic mass is 35.5. The van der Waals surface area contributed by atoms with Crippen LogP contribution < -0.4 is 4.74 Å². The van der Waals surface area contributed by atoms with E-state index in [1.54, 1.807) is 35.6 Å². The summed E-state index contributed by atoms with van der Waals surface area (Å²) >= 11 is 7.41. The Morgan fingerprint density at radius 1 is 1.22 bits per heavy atom. The van der Waals surface area contributed by atoms with Gasteiger partial charge >= 0.3 is 0 Å². The van der Waals surface area contributed by atoms with E-state index in [-0.39, 0.29) is 12.4 Å². The molecule has 0 spiro atoms. The third-order valence-corrected chi connectivity index (χ3v) is 3.47. The van der Waals surface area contributed by atoms with E-state index in [1.807, 2.05) is 11.4 Å². The molecule has 0 saturated carbocycles. The molecule has 0 unspecified atom stereocenters. The zero-order valence-electron chi connectivity index (χ0n) is 9.77. The van der Waals surface area contributed by atoms with Gasteiger partial charge in [-0.15, -0.1) is 0 Å². The third-order valence-electron chi connectivity index (χ3n) is 2.49. The van der Waals surface area contributed by atoms with Gasteiger partial charge in [-0.25, -0.2) is 0 Å². The molecule has 0 aliphatic heterocycles. The number of ketones is 1. The monoisotopic (exact) mass is 280 g/mol. The Morgan fingerprint density at radius 2 is 2.00 bits per heavy atom. The van der Waals surface area contributed by atoms with Crippen molar-refractivity contribution in [1.82, 2.24) is 0 Å². The minimum Gasteiger partial charge on any atom is -0.486 e. The number of Topliss-reactive ketones (excluding diaryl/α,β-unsaturated/α-hetero) is 1. The van der Waals surface area contributed by atoms with Gasteiger partial charge in [0.25, 0.3) is 0 Å². The van der Waals surface area contributed by atoms with Crippen molar-refractivity contribution >= 4 is 28.7 Å². The molecule has 18 heavy (non-hydrogen) atoms. The first kappa shape index (κ1) is 13.1. The van der Waals surface area contributed by atoms with Gasteiger partial charge in [-0.2, -0.15) is 11.3 Å². The molecule has 0 N–H and O–H groups in total. The number of ether oxygens (including phenoxy) is 1. The second kappa shape index (κ2) is 6.57. The molecule has 94 valence electrons. The summed E-state index contributed by atoms with van der Waals surface area (Å²) in [6, 6.07) is 9.04. The van der Waals surface area contributed by atoms with Gasteiger partial charge in [-0.1, -0.05) is 11.6 Å². The lowest BCUT2D eigenvalue weighted by Gasteiger charge is -2.05. The van der Waals surface area contributed by atoms with E-state index >= 15 is 0 Å². The number of thiophene rings is 1. The van der Waals surface area contributed by atoms with Gasteiger partial charge in [0.2, 0.25) is 0 Å². The first-order valence-corrected chi connectivity index (χ1v) is 6.97. The molecule has 1 heterocycles. The minimum atomic E-state index is 0.108. The van der Waals surface area contributed by atoms with Gasteiger partial charge in [-0.05, 0) is 53.1 Å². The summed E-state index contributed by atoms with van der Waals surface area (Å²) in [5.74, 6) is 0.777. The summed E-state index contributed by atoms with van der Waals surface area (Å²) in [4.78, 5) is 11.6. The molecule has 2 aromatic rings. The van der Waals surface area contributed by atoms with E-state index in [4.69, 9.17) is 16.3 Å². The lowest BCUT2D eigenvalue weighted by atomic mass is 10.1. The van der Waals surface area contributed by atoms with Gasteiger partial charge in [0.15, 0.2) is 5.78 Å². The van der Waals surface area contributed by atoms with Gasteiger partial charge in [-0.3, -0.25) is 4.79 Å². The van der Waals surface area contributed by atoms with E-state index in [2.05, 4.69) is 5.38 Å². The first-order valence-electron chi connectivity index (χ1n) is 5.65. The highest BCUT2D eigenvalue weighted by Gasteiger charge is 2.04. The molecule has 2 nitrogen and oxygen atoms in total. The van der Waals surface area contributed by atoms with Crippen molar-refractivity contribution in [3.05, 3.63) is 51.7 Å². The summed E-state index contributed by atoms with van der Waals surface area (Å²) in [5, 5.41) is 4.74. The Labute approximate surface area is 115 Å². The summed E-state index contributed by atoms with van der Waals surface area (Å²) in [6.07, 6.45) is 1.30. The number of benzene rings is 1. The summed E-state index contributed by atoms with van der Waals surface area (Å²) < 4.78 is 5.39. The maximum atomic E-state index is 11.6. The molecular formula is C14H13ClO2S. The van der Waals surface area contributed by atoms with Crippen LogP contribution in [0.1, 0.15) is 12.0 Å². The summed E-state index contributed by atoms with van der Waals surface area (Å²) in [7, 11) is 0. The number of rotatable bonds is 6. The van der Waals surface area contributed by atoms with Crippen LogP contribution in [0.3, 0.4) is 0 Å². The number of halogens is 1. The molecule has 0 radical (unpaired) electrons. The van der Waals surface area contributed by atoms with Crippen molar-refractivity contribution < 1.29 is 9.53 Å². The predicted molar refractivity (Wildman–Crippen MR) is 74.6 cm³/mol. The van der Waals surface area contributed by atoms with Gasteiger partial charge in [0.1, 0.15) is 12.4 Å². The first-order chi connectivity index (χ1) is 8.74. The Balaban J connectivity index is 1.73. The maximum Gasteiger partial charge on any atom is 0.170 e. The largest absolute Gasteiger partial charge is 0.486 e. The van der Waals surface area contributed by atoms with E-state index in [1.165, 1.54) is 5.56 Å². The van der Waals surface area contributed by atoms with Crippen molar-refractivity contribution in [2.24, 2.45) is 0 Å². The minimum absolute atomic E-state index is 0.108. The van der Waals surface area contributed by atoms with Crippen molar-refractivity contribution in [3.63, 3.8) is 0 Å². The topological polar surface area (TPSA) is 26.3 Å². The normalized spacial score (nSPS) is 10.3. The van der Waals surface area contributed by atoms with E-state index in [0.29, 0.717) is 17.2 Å². The standard InChI is InChI=1S/C14H13ClO2S/c15-12-2-5-14(6-3-12)17-9-13(16)4-1-11-7-8-18-10-11/h2-3,5-8,10H,1,4,9H2. The van der Waals surface area contributed by atoms with Crippen molar-refractivity contribution in [2.75, 3.05) is 6.61 Å². The molecule has 0 aliphatic rings. The molecule has 0 bridgehead atoms. The molecule has 1 aromatic heterocycles. The molecule has 2 rings (SSSR count). The summed E-state index contributed by atoms with van der Waals surface area (Å²) in [6.45, 7) is 0.117. The fourth-order valence-corrected chi connectivity index (χ4v) is 2.31. The Bertz CT molecular complexity index is 491. The smallest absolute Gasteiger partial charge is 0.170 e. The molecule has 0 fully saturated rings. The van der Waals surface area contributed by atoms with Gasteiger partial charge in [0, 0.05) is 11.4 Å². The summed E-state index contributed by atoms with van der Waals surface area (Å²) in [5.41, 5.74) is 1.21. The Hall–Kier alpha value is -1.32. The van der Waals surface area contributed by atoms with Crippen LogP contribution >= 0.6 is 22.9 Å². The number of hydrogen-bond acceptors (Lipinski definition) is 3. The second-order valence-corrected chi connectivity index (χ2v) is 5.13. The molecule has 4 heteroatoms. The van der Waals surface area contributed by atoms with Gasteiger partial charge < -0.3 is 4.74 Å². The highest BCUT2D eigenvalue weighted by Crippen LogP contribution is 2.15. The zero-order valence-corrected chi connectivity index (χ0v) is 11.3. The van der Waals surface area contributed by atoms with Crippen LogP contribution in [0.25, 0.3) is 0 Å². The van der Waals surface area contributed by atoms with Crippen LogP contribution in [-0.2, 0) is 11.2 Å². The highest BCUT2D eigenvalue weighted by molar-refractivity contribution is 7.07. The lowest BCUT2D eigenvalue weighted by Crippen LogP contribution is -2.11. The SMILES string of the molecule is O=C(CCc1ccsc1)COc1ccc(Cl)cc1. The molecule has 0 amide bonds. The fraction of sp³-hybridized carbons (Fsp3) is 0.214. The average molecular weight is 281 g/mol. The van der Waals surface area contributed by atoms with E-state index in [0.717, 1.165) is 6.42 Å². The van der Waals surface area contributed by atoms with Crippen LogP contribution in [0.4, 0.5) is 0 Å². The van der Waals surface area contributed by atoms with E-state index < -0.39 is 0 Å². The molecule has 1 aromatic carbocycles. The molecular weight excluding hydrogens is 268 g/mol.